The molecule has 4 atom stereocenters. The molecule has 43 heavy (non-hydrogen) atoms. The lowest BCUT2D eigenvalue weighted by Crippen LogP contribution is -2.48. The molecule has 242 valence electrons. The van der Waals surface area contributed by atoms with Crippen molar-refractivity contribution in [2.75, 3.05) is 55.4 Å². The summed E-state index contributed by atoms with van der Waals surface area (Å²) in [6.45, 7) is 6.33. The molecule has 0 saturated carbocycles. The molecule has 1 heterocycles. The number of rotatable bonds is 9. The Balaban J connectivity index is 0.000000336. The molecular weight excluding hydrogens is 556 g/mol. The van der Waals surface area contributed by atoms with E-state index >= 15 is 0 Å². The number of carbonyl (C=O) groups is 3. The van der Waals surface area contributed by atoms with E-state index in [1.807, 2.05) is 48.4 Å². The standard InChI is InChI=1S/C15H18N2O.C9H17NO4.C7H15NO3/c1-3-11-10-6-9(2)8-15(11,16)12-4-5-14(18)17-13(12)7-10;1-7(11)14-8(5-9(12)13)6-10(2,3)4;1-8(2,3)5-6(9)4-7(10)11/h3-6,10H,7-8,16H2,1-2H3,(H,17,18);8H,5-6H2,1-4H3;6,9H,4-5H2,1-3H3/b11-3+;;/t10-,15-;8-;6-/m011/s1. The number of aliphatic hydroxyl groups is 1. The lowest BCUT2D eigenvalue weighted by atomic mass is 9.63. The third-order valence-corrected chi connectivity index (χ3v) is 6.81. The number of aromatic amines is 1. The van der Waals surface area contributed by atoms with Gasteiger partial charge in [-0.25, -0.2) is 0 Å². The number of fused-ring (bicyclic) bond motifs is 4. The number of aromatic nitrogens is 1. The summed E-state index contributed by atoms with van der Waals surface area (Å²) in [5.41, 5.74) is 10.9. The smallest absolute Gasteiger partial charge is 0.303 e. The molecule has 2 aliphatic carbocycles. The number of carboxylic acid groups (broad SMARTS) is 2. The first-order valence-corrected chi connectivity index (χ1v) is 14.3. The predicted octanol–water partition coefficient (Wildman–Crippen LogP) is -1.04. The minimum Gasteiger partial charge on any atom is -0.550 e. The van der Waals surface area contributed by atoms with Crippen LogP contribution in [0.1, 0.15) is 51.3 Å². The zero-order valence-electron chi connectivity index (χ0n) is 27.1. The van der Waals surface area contributed by atoms with Crippen LogP contribution in [0.5, 0.6) is 0 Å². The van der Waals surface area contributed by atoms with Gasteiger partial charge >= 0.3 is 5.97 Å². The summed E-state index contributed by atoms with van der Waals surface area (Å²) < 4.78 is 5.94. The van der Waals surface area contributed by atoms with Gasteiger partial charge in [0.1, 0.15) is 19.2 Å². The highest BCUT2D eigenvalue weighted by molar-refractivity contribution is 5.68. The maximum atomic E-state index is 11.5. The van der Waals surface area contributed by atoms with Gasteiger partial charge in [0.2, 0.25) is 5.56 Å². The number of aliphatic carboxylic acids is 2. The maximum Gasteiger partial charge on any atom is 0.303 e. The number of carbonyl (C=O) groups excluding carboxylic acids is 3. The number of nitrogens with one attached hydrogen (secondary N) is 1. The first-order valence-electron chi connectivity index (χ1n) is 14.3. The summed E-state index contributed by atoms with van der Waals surface area (Å²) in [5.74, 6) is -2.54. The van der Waals surface area contributed by atoms with E-state index in [1.165, 1.54) is 18.1 Å². The fourth-order valence-electron chi connectivity index (χ4n) is 5.64. The molecule has 0 fully saturated rings. The number of pyridine rings is 1. The monoisotopic (exact) mass is 606 g/mol. The van der Waals surface area contributed by atoms with Crippen LogP contribution >= 0.6 is 0 Å². The molecule has 0 radical (unpaired) electrons. The minimum absolute atomic E-state index is 0.0416. The number of hydrogen-bond acceptors (Lipinski definition) is 9. The number of carboxylic acids is 2. The molecule has 0 unspecified atom stereocenters. The Morgan fingerprint density at radius 1 is 1.09 bits per heavy atom. The predicted molar refractivity (Wildman–Crippen MR) is 159 cm³/mol. The summed E-state index contributed by atoms with van der Waals surface area (Å²) in [4.78, 5) is 45.5. The van der Waals surface area contributed by atoms with Crippen molar-refractivity contribution < 1.29 is 43.4 Å². The Hall–Kier alpha value is -3.32. The van der Waals surface area contributed by atoms with E-state index in [0.717, 1.165) is 24.1 Å². The van der Waals surface area contributed by atoms with E-state index < -0.39 is 35.7 Å². The number of ether oxygens (including phenoxy) is 1. The molecule has 4 N–H and O–H groups in total. The number of nitrogens with zero attached hydrogens (tertiary/aromatic N) is 2. The minimum atomic E-state index is -1.20. The second kappa shape index (κ2) is 15.4. The van der Waals surface area contributed by atoms with Crippen molar-refractivity contribution in [2.24, 2.45) is 11.7 Å². The Kier molecular flexibility index (Phi) is 13.5. The average Bonchev–Trinajstić information content (AvgIpc) is 2.75. The van der Waals surface area contributed by atoms with Crippen molar-refractivity contribution in [3.8, 4) is 0 Å². The molecule has 0 amide bonds. The van der Waals surface area contributed by atoms with E-state index in [0.29, 0.717) is 28.0 Å². The zero-order valence-corrected chi connectivity index (χ0v) is 27.1. The highest BCUT2D eigenvalue weighted by Crippen LogP contribution is 2.47. The first kappa shape index (κ1) is 37.7. The Labute approximate surface area is 254 Å². The maximum absolute atomic E-state index is 11.5. The van der Waals surface area contributed by atoms with Gasteiger partial charge in [-0.05, 0) is 43.9 Å². The molecule has 0 spiro atoms. The number of aliphatic hydroxyl groups excluding tert-OH is 1. The highest BCUT2D eigenvalue weighted by atomic mass is 16.5. The van der Waals surface area contributed by atoms with Crippen LogP contribution in [0.15, 0.2) is 40.2 Å². The quantitative estimate of drug-likeness (QED) is 0.179. The van der Waals surface area contributed by atoms with Crippen LogP contribution in [0.3, 0.4) is 0 Å². The normalized spacial score (nSPS) is 21.5. The van der Waals surface area contributed by atoms with Crippen molar-refractivity contribution in [3.05, 3.63) is 57.0 Å². The van der Waals surface area contributed by atoms with Crippen LogP contribution in [0, 0.1) is 5.92 Å². The number of hydrogen-bond donors (Lipinski definition) is 3. The summed E-state index contributed by atoms with van der Waals surface area (Å²) in [6.07, 6.45) is 4.15. The topological polar surface area (TPSA) is 186 Å². The SMILES string of the molecule is C/C=C1\[C@H]2C=C(C)C[C@@]1(N)c1ccc(=O)[nH]c1C2.CC(=O)O[C@H](CC(=O)[O-])C[N+](C)(C)C.C[N+](C)(C)C[C@H](O)CC(=O)[O-]. The van der Waals surface area contributed by atoms with Gasteiger partial charge in [0.05, 0.1) is 47.8 Å². The summed E-state index contributed by atoms with van der Waals surface area (Å²) in [7, 11) is 11.3. The Morgan fingerprint density at radius 2 is 1.65 bits per heavy atom. The van der Waals surface area contributed by atoms with Gasteiger partial charge in [-0.1, -0.05) is 17.7 Å². The second-order valence-electron chi connectivity index (χ2n) is 13.4. The van der Waals surface area contributed by atoms with Gasteiger partial charge in [-0.15, -0.1) is 0 Å². The van der Waals surface area contributed by atoms with Crippen molar-refractivity contribution in [1.29, 1.82) is 0 Å². The molecule has 0 aliphatic heterocycles. The van der Waals surface area contributed by atoms with Crippen molar-refractivity contribution in [3.63, 3.8) is 0 Å². The van der Waals surface area contributed by atoms with Crippen LogP contribution in [-0.4, -0.2) is 105 Å². The fourth-order valence-corrected chi connectivity index (χ4v) is 5.64. The molecular formula is C31H50N4O8. The van der Waals surface area contributed by atoms with Gasteiger partial charge < -0.3 is 49.3 Å². The molecule has 12 heteroatoms. The van der Waals surface area contributed by atoms with Crippen LogP contribution in [0.2, 0.25) is 0 Å². The van der Waals surface area contributed by atoms with E-state index in [4.69, 9.17) is 15.6 Å². The summed E-state index contributed by atoms with van der Waals surface area (Å²) in [5, 5.41) is 29.5. The van der Waals surface area contributed by atoms with Gasteiger partial charge in [-0.3, -0.25) is 9.59 Å². The van der Waals surface area contributed by atoms with Crippen molar-refractivity contribution >= 4 is 17.9 Å². The molecule has 0 aromatic carbocycles. The number of nitrogens with two attached hydrogens (primary N) is 1. The number of allylic oxidation sites excluding steroid dienone is 2. The van der Waals surface area contributed by atoms with Gasteiger partial charge in [-0.2, -0.15) is 0 Å². The van der Waals surface area contributed by atoms with Crippen LogP contribution < -0.4 is 21.5 Å². The third-order valence-electron chi connectivity index (χ3n) is 6.81. The number of esters is 1. The van der Waals surface area contributed by atoms with Gasteiger partial charge in [0, 0.05) is 49.4 Å². The van der Waals surface area contributed by atoms with E-state index in [-0.39, 0.29) is 18.4 Å². The van der Waals surface area contributed by atoms with Crippen molar-refractivity contribution in [1.82, 2.24) is 4.98 Å². The van der Waals surface area contributed by atoms with Crippen LogP contribution in [0.4, 0.5) is 0 Å². The fraction of sp³-hybridized carbons (Fsp3) is 0.613. The highest BCUT2D eigenvalue weighted by Gasteiger charge is 2.43. The molecule has 12 nitrogen and oxygen atoms in total. The Morgan fingerprint density at radius 3 is 2.12 bits per heavy atom. The number of quaternary nitrogens is 2. The van der Waals surface area contributed by atoms with Gasteiger partial charge in [0.15, 0.2) is 6.10 Å². The van der Waals surface area contributed by atoms with Crippen LogP contribution in [-0.2, 0) is 31.1 Å². The third kappa shape index (κ3) is 13.2. The number of H-pyrrole nitrogens is 1. The van der Waals surface area contributed by atoms with Crippen molar-refractivity contribution in [2.45, 2.75) is 64.2 Å². The molecule has 2 aliphatic rings. The summed E-state index contributed by atoms with van der Waals surface area (Å²) >= 11 is 0. The molecule has 3 rings (SSSR count). The first-order chi connectivity index (χ1) is 19.6. The van der Waals surface area contributed by atoms with E-state index in [9.17, 15) is 29.4 Å². The molecule has 1 aromatic heterocycles. The molecule has 2 bridgehead atoms. The summed E-state index contributed by atoms with van der Waals surface area (Å²) in [6, 6.07) is 3.47. The van der Waals surface area contributed by atoms with E-state index in [2.05, 4.69) is 31.0 Å². The largest absolute Gasteiger partial charge is 0.550 e. The average molecular weight is 607 g/mol. The molecule has 1 aromatic rings. The lowest BCUT2D eigenvalue weighted by Gasteiger charge is -2.45. The van der Waals surface area contributed by atoms with Crippen LogP contribution in [0.25, 0.3) is 0 Å². The second-order valence-corrected chi connectivity index (χ2v) is 13.4. The molecule has 0 saturated heterocycles. The van der Waals surface area contributed by atoms with Gasteiger partial charge in [0.25, 0.3) is 0 Å². The number of likely N-dealkylation sites (N-methyl/N-ethyl adjacent to an activating group) is 2. The zero-order chi connectivity index (χ0) is 33.3. The Bertz CT molecular complexity index is 1240. The van der Waals surface area contributed by atoms with E-state index in [1.54, 1.807) is 6.07 Å². The lowest BCUT2D eigenvalue weighted by molar-refractivity contribution is -0.873.